The number of hydrogen-bond donors (Lipinski definition) is 1. The second kappa shape index (κ2) is 5.54. The fraction of sp³-hybridized carbons (Fsp3) is 0.500. The van der Waals surface area contributed by atoms with Gasteiger partial charge in [0.2, 0.25) is 0 Å². The maximum absolute atomic E-state index is 10.7. The first-order valence-corrected chi connectivity index (χ1v) is 6.24. The summed E-state index contributed by atoms with van der Waals surface area (Å²) in [5, 5.41) is 14.2. The zero-order chi connectivity index (χ0) is 13.1. The average Bonchev–Trinajstić information content (AvgIpc) is 2.32. The Bertz CT molecular complexity index is 453. The minimum absolute atomic E-state index is 0.0674. The summed E-state index contributed by atoms with van der Waals surface area (Å²) in [6.45, 7) is 3.59. The molecule has 0 spiro atoms. The molecule has 1 fully saturated rings. The zero-order valence-corrected chi connectivity index (χ0v) is 10.8. The largest absolute Gasteiger partial charge is 0.382 e. The van der Waals surface area contributed by atoms with Crippen molar-refractivity contribution in [3.05, 3.63) is 33.3 Å². The number of nitro benzene ring substituents is 1. The molecule has 1 N–H and O–H groups in total. The van der Waals surface area contributed by atoms with E-state index in [4.69, 9.17) is 16.3 Å². The lowest BCUT2D eigenvalue weighted by atomic mass is 9.97. The molecule has 1 aliphatic heterocycles. The highest BCUT2D eigenvalue weighted by atomic mass is 35.5. The highest BCUT2D eigenvalue weighted by Gasteiger charge is 2.22. The van der Waals surface area contributed by atoms with Gasteiger partial charge in [-0.05, 0) is 24.5 Å². The fourth-order valence-electron chi connectivity index (χ4n) is 2.05. The van der Waals surface area contributed by atoms with Gasteiger partial charge in [0.05, 0.1) is 11.5 Å². The van der Waals surface area contributed by atoms with Gasteiger partial charge in [-0.2, -0.15) is 0 Å². The van der Waals surface area contributed by atoms with Crippen LogP contribution < -0.4 is 5.32 Å². The Balaban J connectivity index is 2.10. The minimum Gasteiger partial charge on any atom is -0.382 e. The normalized spacial score (nSPS) is 23.7. The number of nitro groups is 1. The predicted octanol–water partition coefficient (Wildman–Crippen LogP) is 3.09. The smallest absolute Gasteiger partial charge is 0.288 e. The number of ether oxygens (including phenoxy) is 1. The molecule has 0 bridgehead atoms. The van der Waals surface area contributed by atoms with Crippen LogP contribution in [0.1, 0.15) is 13.3 Å². The van der Waals surface area contributed by atoms with Gasteiger partial charge in [0.1, 0.15) is 5.02 Å². The van der Waals surface area contributed by atoms with Gasteiger partial charge in [-0.25, -0.2) is 0 Å². The summed E-state index contributed by atoms with van der Waals surface area (Å²) in [5.74, 6) is 0.410. The molecule has 1 aromatic rings. The summed E-state index contributed by atoms with van der Waals surface area (Å²) in [4.78, 5) is 10.2. The molecule has 1 aromatic carbocycles. The topological polar surface area (TPSA) is 64.4 Å². The average molecular weight is 271 g/mol. The lowest BCUT2D eigenvalue weighted by Gasteiger charge is -2.30. The molecule has 0 amide bonds. The number of rotatable bonds is 3. The molecule has 1 aliphatic rings. The molecule has 2 atom stereocenters. The second-order valence-corrected chi connectivity index (χ2v) is 4.92. The van der Waals surface area contributed by atoms with Gasteiger partial charge in [0.25, 0.3) is 5.69 Å². The zero-order valence-electron chi connectivity index (χ0n) is 10.1. The first-order valence-electron chi connectivity index (χ1n) is 5.86. The van der Waals surface area contributed by atoms with Crippen LogP contribution in [0.5, 0.6) is 0 Å². The first-order chi connectivity index (χ1) is 8.58. The van der Waals surface area contributed by atoms with Gasteiger partial charge < -0.3 is 10.1 Å². The highest BCUT2D eigenvalue weighted by Crippen LogP contribution is 2.28. The number of hydrogen-bond acceptors (Lipinski definition) is 4. The van der Waals surface area contributed by atoms with Crippen LogP contribution in [-0.4, -0.2) is 24.2 Å². The predicted molar refractivity (Wildman–Crippen MR) is 70.1 cm³/mol. The molecule has 1 saturated heterocycles. The molecular weight excluding hydrogens is 256 g/mol. The molecule has 6 heteroatoms. The van der Waals surface area contributed by atoms with E-state index in [1.807, 2.05) is 0 Å². The van der Waals surface area contributed by atoms with Gasteiger partial charge >= 0.3 is 0 Å². The third kappa shape index (κ3) is 2.91. The van der Waals surface area contributed by atoms with Gasteiger partial charge in [-0.3, -0.25) is 10.1 Å². The van der Waals surface area contributed by atoms with Gasteiger partial charge in [0.15, 0.2) is 0 Å². The molecule has 98 valence electrons. The molecule has 0 aromatic heterocycles. The van der Waals surface area contributed by atoms with Crippen molar-refractivity contribution in [3.8, 4) is 0 Å². The van der Waals surface area contributed by atoms with Crippen LogP contribution in [0.4, 0.5) is 11.4 Å². The van der Waals surface area contributed by atoms with Crippen LogP contribution in [-0.2, 0) is 4.74 Å². The molecular formula is C12H15ClN2O3. The van der Waals surface area contributed by atoms with E-state index < -0.39 is 4.92 Å². The summed E-state index contributed by atoms with van der Waals surface area (Å²) in [5.41, 5.74) is 0.742. The monoisotopic (exact) mass is 270 g/mol. The van der Waals surface area contributed by atoms with Gasteiger partial charge in [0, 0.05) is 24.4 Å². The summed E-state index contributed by atoms with van der Waals surface area (Å²) in [7, 11) is 0. The lowest BCUT2D eigenvalue weighted by molar-refractivity contribution is -0.384. The van der Waals surface area contributed by atoms with Crippen LogP contribution in [0.15, 0.2) is 18.2 Å². The molecule has 0 aliphatic carbocycles. The standard InChI is InChI=1S/C12H15ClN2O3/c1-8-7-18-5-4-11(8)14-9-2-3-12(15(16)17)10(13)6-9/h2-3,6,8,11,14H,4-5,7H2,1H3. The number of nitrogens with zero attached hydrogens (tertiary/aromatic N) is 1. The third-order valence-electron chi connectivity index (χ3n) is 3.14. The summed E-state index contributed by atoms with van der Waals surface area (Å²) < 4.78 is 5.37. The van der Waals surface area contributed by atoms with Gasteiger partial charge in [-0.1, -0.05) is 18.5 Å². The molecule has 0 radical (unpaired) electrons. The van der Waals surface area contributed by atoms with E-state index in [1.165, 1.54) is 6.07 Å². The van der Waals surface area contributed by atoms with E-state index in [1.54, 1.807) is 12.1 Å². The van der Waals surface area contributed by atoms with Crippen molar-refractivity contribution in [2.45, 2.75) is 19.4 Å². The number of anilines is 1. The molecule has 2 rings (SSSR count). The van der Waals surface area contributed by atoms with Crippen LogP contribution in [0.2, 0.25) is 5.02 Å². The van der Waals surface area contributed by atoms with Crippen LogP contribution in [0, 0.1) is 16.0 Å². The van der Waals surface area contributed by atoms with Crippen molar-refractivity contribution in [2.24, 2.45) is 5.92 Å². The third-order valence-corrected chi connectivity index (χ3v) is 3.44. The Hall–Kier alpha value is -1.33. The van der Waals surface area contributed by atoms with Crippen molar-refractivity contribution in [1.29, 1.82) is 0 Å². The first kappa shape index (κ1) is 13.1. The van der Waals surface area contributed by atoms with E-state index >= 15 is 0 Å². The van der Waals surface area contributed by atoms with Crippen LogP contribution in [0.25, 0.3) is 0 Å². The number of nitrogens with one attached hydrogen (secondary N) is 1. The van der Waals surface area contributed by atoms with E-state index in [0.29, 0.717) is 12.0 Å². The maximum Gasteiger partial charge on any atom is 0.288 e. The lowest BCUT2D eigenvalue weighted by Crippen LogP contribution is -2.35. The van der Waals surface area contributed by atoms with Crippen molar-refractivity contribution >= 4 is 23.0 Å². The molecule has 18 heavy (non-hydrogen) atoms. The summed E-state index contributed by atoms with van der Waals surface area (Å²) in [6, 6.07) is 5.03. The quantitative estimate of drug-likeness (QED) is 0.677. The Morgan fingerprint density at radius 1 is 1.56 bits per heavy atom. The SMILES string of the molecule is CC1COCCC1Nc1ccc([N+](=O)[O-])c(Cl)c1. The van der Waals surface area contributed by atoms with E-state index in [0.717, 1.165) is 25.3 Å². The van der Waals surface area contributed by atoms with Crippen LogP contribution >= 0.6 is 11.6 Å². The van der Waals surface area contributed by atoms with Crippen molar-refractivity contribution in [3.63, 3.8) is 0 Å². The summed E-state index contributed by atoms with van der Waals surface area (Å²) in [6.07, 6.45) is 0.926. The molecule has 0 saturated carbocycles. The Morgan fingerprint density at radius 2 is 2.33 bits per heavy atom. The second-order valence-electron chi connectivity index (χ2n) is 4.52. The molecule has 2 unspecified atom stereocenters. The summed E-state index contributed by atoms with van der Waals surface area (Å²) >= 11 is 5.87. The minimum atomic E-state index is -0.483. The van der Waals surface area contributed by atoms with Crippen LogP contribution in [0.3, 0.4) is 0 Å². The highest BCUT2D eigenvalue weighted by molar-refractivity contribution is 6.32. The van der Waals surface area contributed by atoms with Crippen molar-refractivity contribution in [2.75, 3.05) is 18.5 Å². The van der Waals surface area contributed by atoms with Crippen molar-refractivity contribution < 1.29 is 9.66 Å². The van der Waals surface area contributed by atoms with Gasteiger partial charge in [-0.15, -0.1) is 0 Å². The Kier molecular flexibility index (Phi) is 4.04. The van der Waals surface area contributed by atoms with Crippen molar-refractivity contribution in [1.82, 2.24) is 0 Å². The Labute approximate surface area is 110 Å². The maximum atomic E-state index is 10.7. The van der Waals surface area contributed by atoms with E-state index in [-0.39, 0.29) is 10.7 Å². The van der Waals surface area contributed by atoms with E-state index in [9.17, 15) is 10.1 Å². The Morgan fingerprint density at radius 3 is 2.94 bits per heavy atom. The molecule has 5 nitrogen and oxygen atoms in total. The number of halogens is 1. The molecule has 1 heterocycles. The van der Waals surface area contributed by atoms with E-state index in [2.05, 4.69) is 12.2 Å². The number of benzene rings is 1. The fourth-order valence-corrected chi connectivity index (χ4v) is 2.30.